The highest BCUT2D eigenvalue weighted by atomic mass is 19.4. The van der Waals surface area contributed by atoms with Gasteiger partial charge in [-0.2, -0.15) is 0 Å². The van der Waals surface area contributed by atoms with Crippen molar-refractivity contribution in [2.45, 2.75) is 19.2 Å². The minimum absolute atomic E-state index is 0.0905. The van der Waals surface area contributed by atoms with Crippen molar-refractivity contribution in [1.82, 2.24) is 4.90 Å². The number of carbonyl (C=O) groups is 2. The highest BCUT2D eigenvalue weighted by molar-refractivity contribution is 5.97. The van der Waals surface area contributed by atoms with Gasteiger partial charge in [-0.3, -0.25) is 9.59 Å². The molecule has 0 saturated carbocycles. The smallest absolute Gasteiger partial charge is 0.481 e. The first-order chi connectivity index (χ1) is 11.7. The van der Waals surface area contributed by atoms with Gasteiger partial charge in [0.1, 0.15) is 11.2 Å². The number of likely N-dealkylation sites (tertiary alicyclic amines) is 1. The number of methoxy groups -OCH3 is 1. The Bertz CT molecular complexity index is 645. The summed E-state index contributed by atoms with van der Waals surface area (Å²) in [5, 5.41) is 9.51. The van der Waals surface area contributed by atoms with E-state index >= 15 is 0 Å². The number of hydrogen-bond acceptors (Lipinski definition) is 4. The molecule has 1 unspecified atom stereocenters. The molecule has 1 fully saturated rings. The maximum Gasteiger partial charge on any atom is 0.573 e. The van der Waals surface area contributed by atoms with Crippen molar-refractivity contribution in [3.8, 4) is 5.75 Å². The van der Waals surface area contributed by atoms with E-state index in [0.29, 0.717) is 12.8 Å². The molecule has 1 N–H and O–H groups in total. The second kappa shape index (κ2) is 7.30. The first-order valence-electron chi connectivity index (χ1n) is 7.55. The average molecular weight is 361 g/mol. The third kappa shape index (κ3) is 4.41. The van der Waals surface area contributed by atoms with Crippen LogP contribution in [0.5, 0.6) is 5.75 Å². The number of halogens is 3. The van der Waals surface area contributed by atoms with Gasteiger partial charge in [0.05, 0.1) is 12.2 Å². The van der Waals surface area contributed by atoms with Crippen LogP contribution in [-0.2, 0) is 9.53 Å². The predicted molar refractivity (Wildman–Crippen MR) is 80.2 cm³/mol. The van der Waals surface area contributed by atoms with Crippen molar-refractivity contribution >= 4 is 11.9 Å². The zero-order chi connectivity index (χ0) is 18.7. The van der Waals surface area contributed by atoms with Crippen LogP contribution >= 0.6 is 0 Å². The molecular formula is C16H18F3NO5. The van der Waals surface area contributed by atoms with Gasteiger partial charge < -0.3 is 19.5 Å². The van der Waals surface area contributed by atoms with E-state index in [-0.39, 0.29) is 25.3 Å². The lowest BCUT2D eigenvalue weighted by atomic mass is 9.80. The van der Waals surface area contributed by atoms with Crippen molar-refractivity contribution in [3.63, 3.8) is 0 Å². The quantitative estimate of drug-likeness (QED) is 0.872. The van der Waals surface area contributed by atoms with E-state index in [4.69, 9.17) is 4.74 Å². The molecule has 0 bridgehead atoms. The molecule has 1 saturated heterocycles. The van der Waals surface area contributed by atoms with Gasteiger partial charge in [0.2, 0.25) is 0 Å². The van der Waals surface area contributed by atoms with Crippen LogP contribution in [0.4, 0.5) is 13.2 Å². The van der Waals surface area contributed by atoms with Crippen LogP contribution in [0.25, 0.3) is 0 Å². The number of piperidine rings is 1. The number of carboxylic acid groups (broad SMARTS) is 1. The Morgan fingerprint density at radius 1 is 1.32 bits per heavy atom. The van der Waals surface area contributed by atoms with E-state index in [1.807, 2.05) is 0 Å². The molecule has 1 aliphatic heterocycles. The largest absolute Gasteiger partial charge is 0.573 e. The van der Waals surface area contributed by atoms with Gasteiger partial charge in [-0.25, -0.2) is 0 Å². The van der Waals surface area contributed by atoms with E-state index in [1.54, 1.807) is 0 Å². The topological polar surface area (TPSA) is 76.1 Å². The summed E-state index contributed by atoms with van der Waals surface area (Å²) in [6, 6.07) is 5.00. The van der Waals surface area contributed by atoms with E-state index in [2.05, 4.69) is 4.74 Å². The number of carboxylic acids is 1. The van der Waals surface area contributed by atoms with Gasteiger partial charge in [0, 0.05) is 20.2 Å². The van der Waals surface area contributed by atoms with Crippen LogP contribution in [0.1, 0.15) is 23.2 Å². The molecule has 1 aromatic rings. The second-order valence-corrected chi connectivity index (χ2v) is 5.89. The summed E-state index contributed by atoms with van der Waals surface area (Å²) in [6.07, 6.45) is -4.20. The molecular weight excluding hydrogens is 343 g/mol. The molecule has 1 amide bonds. The Kier molecular flexibility index (Phi) is 5.56. The van der Waals surface area contributed by atoms with Gasteiger partial charge >= 0.3 is 12.3 Å². The summed E-state index contributed by atoms with van der Waals surface area (Å²) in [5.74, 6) is -2.42. The molecule has 6 nitrogen and oxygen atoms in total. The second-order valence-electron chi connectivity index (χ2n) is 5.89. The minimum atomic E-state index is -4.93. The third-order valence-corrected chi connectivity index (χ3v) is 4.08. The lowest BCUT2D eigenvalue weighted by molar-refractivity contribution is -0.274. The molecule has 2 rings (SSSR count). The van der Waals surface area contributed by atoms with E-state index < -0.39 is 29.4 Å². The molecule has 138 valence electrons. The Balaban J connectivity index is 2.27. The summed E-state index contributed by atoms with van der Waals surface area (Å²) in [4.78, 5) is 25.5. The lowest BCUT2D eigenvalue weighted by Crippen LogP contribution is -2.52. The molecule has 0 spiro atoms. The van der Waals surface area contributed by atoms with Crippen LogP contribution in [0, 0.1) is 5.41 Å². The van der Waals surface area contributed by atoms with Crippen LogP contribution in [0.3, 0.4) is 0 Å². The fourth-order valence-corrected chi connectivity index (χ4v) is 2.96. The number of ether oxygens (including phenoxy) is 2. The van der Waals surface area contributed by atoms with Gasteiger partial charge in [-0.05, 0) is 25.0 Å². The van der Waals surface area contributed by atoms with Crippen molar-refractivity contribution in [2.24, 2.45) is 5.41 Å². The Morgan fingerprint density at radius 3 is 2.60 bits per heavy atom. The van der Waals surface area contributed by atoms with Crippen molar-refractivity contribution < 1.29 is 37.3 Å². The number of hydrogen-bond donors (Lipinski definition) is 1. The first kappa shape index (κ1) is 19.0. The minimum Gasteiger partial charge on any atom is -0.481 e. The molecule has 25 heavy (non-hydrogen) atoms. The zero-order valence-electron chi connectivity index (χ0n) is 13.5. The van der Waals surface area contributed by atoms with E-state index in [0.717, 1.165) is 6.07 Å². The summed E-state index contributed by atoms with van der Waals surface area (Å²) in [5.41, 5.74) is -1.54. The molecule has 0 radical (unpaired) electrons. The number of rotatable bonds is 5. The zero-order valence-corrected chi connectivity index (χ0v) is 13.5. The third-order valence-electron chi connectivity index (χ3n) is 4.08. The number of para-hydroxylation sites is 1. The number of benzene rings is 1. The van der Waals surface area contributed by atoms with Crippen molar-refractivity contribution in [3.05, 3.63) is 29.8 Å². The highest BCUT2D eigenvalue weighted by Gasteiger charge is 2.44. The van der Waals surface area contributed by atoms with Crippen molar-refractivity contribution in [1.29, 1.82) is 0 Å². The Hall–Kier alpha value is -2.29. The highest BCUT2D eigenvalue weighted by Crippen LogP contribution is 2.33. The van der Waals surface area contributed by atoms with Gasteiger partial charge in [0.15, 0.2) is 0 Å². The summed E-state index contributed by atoms with van der Waals surface area (Å²) in [6.45, 7) is 0.0140. The Morgan fingerprint density at radius 2 is 2.00 bits per heavy atom. The van der Waals surface area contributed by atoms with Gasteiger partial charge in [-0.15, -0.1) is 13.2 Å². The molecule has 1 heterocycles. The maximum absolute atomic E-state index is 12.7. The molecule has 0 aromatic heterocycles. The fourth-order valence-electron chi connectivity index (χ4n) is 2.96. The van der Waals surface area contributed by atoms with E-state index in [9.17, 15) is 27.9 Å². The molecule has 1 atom stereocenters. The average Bonchev–Trinajstić information content (AvgIpc) is 2.53. The summed E-state index contributed by atoms with van der Waals surface area (Å²) < 4.78 is 46.4. The SMILES string of the molecule is COCC1(C(=O)O)CCCN(C(=O)c2ccccc2OC(F)(F)F)C1. The number of amides is 1. The standard InChI is InChI=1S/C16H18F3NO5/c1-24-10-15(14(22)23)7-4-8-20(9-15)13(21)11-5-2-3-6-12(11)25-16(17,18)19/h2-3,5-6H,4,7-10H2,1H3,(H,22,23). The van der Waals surface area contributed by atoms with E-state index in [1.165, 1.54) is 30.2 Å². The lowest BCUT2D eigenvalue weighted by Gasteiger charge is -2.39. The van der Waals surface area contributed by atoms with Gasteiger partial charge in [-0.1, -0.05) is 12.1 Å². The normalized spacial score (nSPS) is 21.0. The molecule has 0 aliphatic carbocycles. The number of carbonyl (C=O) groups excluding carboxylic acids is 1. The maximum atomic E-state index is 12.7. The fraction of sp³-hybridized carbons (Fsp3) is 0.500. The summed E-state index contributed by atoms with van der Waals surface area (Å²) >= 11 is 0. The predicted octanol–water partition coefficient (Wildman–Crippen LogP) is 2.54. The first-order valence-corrected chi connectivity index (χ1v) is 7.55. The Labute approximate surface area is 142 Å². The molecule has 9 heteroatoms. The van der Waals surface area contributed by atoms with Crippen molar-refractivity contribution in [2.75, 3.05) is 26.8 Å². The monoisotopic (exact) mass is 361 g/mol. The number of aliphatic carboxylic acids is 1. The van der Waals surface area contributed by atoms with Crippen LogP contribution < -0.4 is 4.74 Å². The molecule has 1 aliphatic rings. The number of nitrogens with zero attached hydrogens (tertiary/aromatic N) is 1. The van der Waals surface area contributed by atoms with Gasteiger partial charge in [0.25, 0.3) is 5.91 Å². The number of alkyl halides is 3. The summed E-state index contributed by atoms with van der Waals surface area (Å²) in [7, 11) is 1.36. The van der Waals surface area contributed by atoms with Crippen LogP contribution in [0.2, 0.25) is 0 Å². The van der Waals surface area contributed by atoms with Crippen LogP contribution in [-0.4, -0.2) is 55.1 Å². The van der Waals surface area contributed by atoms with Crippen LogP contribution in [0.15, 0.2) is 24.3 Å². The molecule has 1 aromatic carbocycles.